The number of hydrogen-bond donors (Lipinski definition) is 1. The quantitative estimate of drug-likeness (QED) is 0.857. The van der Waals surface area contributed by atoms with Crippen molar-refractivity contribution in [2.45, 2.75) is 26.3 Å². The Morgan fingerprint density at radius 1 is 1.50 bits per heavy atom. The summed E-state index contributed by atoms with van der Waals surface area (Å²) in [6.45, 7) is 5.73. The highest BCUT2D eigenvalue weighted by molar-refractivity contribution is 6.30. The van der Waals surface area contributed by atoms with Gasteiger partial charge in [-0.15, -0.1) is 0 Å². The van der Waals surface area contributed by atoms with Crippen molar-refractivity contribution in [1.82, 2.24) is 14.7 Å². The van der Waals surface area contributed by atoms with E-state index in [1.807, 2.05) is 19.0 Å². The Balaban J connectivity index is 2.92. The van der Waals surface area contributed by atoms with Crippen LogP contribution >= 0.6 is 11.6 Å². The van der Waals surface area contributed by atoms with Crippen molar-refractivity contribution in [2.75, 3.05) is 20.2 Å². The SMILES string of the molecule is CC(C)c1nn(C)c(Cl)c1CN(C)CCO. The van der Waals surface area contributed by atoms with Gasteiger partial charge in [0.1, 0.15) is 5.15 Å². The summed E-state index contributed by atoms with van der Waals surface area (Å²) in [5, 5.41) is 14.0. The van der Waals surface area contributed by atoms with E-state index in [1.54, 1.807) is 4.68 Å². The van der Waals surface area contributed by atoms with Crippen molar-refractivity contribution in [1.29, 1.82) is 0 Å². The highest BCUT2D eigenvalue weighted by Crippen LogP contribution is 2.26. The van der Waals surface area contributed by atoms with Crippen molar-refractivity contribution in [3.63, 3.8) is 0 Å². The Morgan fingerprint density at radius 3 is 2.62 bits per heavy atom. The lowest BCUT2D eigenvalue weighted by Gasteiger charge is -2.16. The molecule has 0 amide bonds. The number of nitrogens with zero attached hydrogens (tertiary/aromatic N) is 3. The minimum Gasteiger partial charge on any atom is -0.395 e. The molecule has 0 aliphatic rings. The molecule has 0 radical (unpaired) electrons. The predicted octanol–water partition coefficient (Wildman–Crippen LogP) is 1.62. The zero-order chi connectivity index (χ0) is 12.3. The van der Waals surface area contributed by atoms with E-state index in [1.165, 1.54) is 0 Å². The first kappa shape index (κ1) is 13.5. The second kappa shape index (κ2) is 5.66. The maximum absolute atomic E-state index is 8.87. The van der Waals surface area contributed by atoms with Crippen LogP contribution in [0.25, 0.3) is 0 Å². The van der Waals surface area contributed by atoms with Crippen LogP contribution < -0.4 is 0 Å². The van der Waals surface area contributed by atoms with Gasteiger partial charge in [0.25, 0.3) is 0 Å². The number of aryl methyl sites for hydroxylation is 1. The number of aliphatic hydroxyl groups excluding tert-OH is 1. The van der Waals surface area contributed by atoms with E-state index in [0.717, 1.165) is 17.8 Å². The van der Waals surface area contributed by atoms with E-state index in [4.69, 9.17) is 16.7 Å². The van der Waals surface area contributed by atoms with E-state index in [0.29, 0.717) is 17.6 Å². The molecule has 0 saturated carbocycles. The maximum atomic E-state index is 8.87. The molecule has 0 bridgehead atoms. The number of halogens is 1. The first-order valence-electron chi connectivity index (χ1n) is 5.48. The summed E-state index contributed by atoms with van der Waals surface area (Å²) >= 11 is 6.21. The fourth-order valence-corrected chi connectivity index (χ4v) is 1.89. The van der Waals surface area contributed by atoms with Crippen LogP contribution in [0, 0.1) is 0 Å². The molecule has 0 aromatic carbocycles. The van der Waals surface area contributed by atoms with E-state index in [2.05, 4.69) is 18.9 Å². The van der Waals surface area contributed by atoms with E-state index >= 15 is 0 Å². The van der Waals surface area contributed by atoms with Gasteiger partial charge in [0.2, 0.25) is 0 Å². The van der Waals surface area contributed by atoms with E-state index < -0.39 is 0 Å². The van der Waals surface area contributed by atoms with Crippen LogP contribution in [0.2, 0.25) is 5.15 Å². The largest absolute Gasteiger partial charge is 0.395 e. The van der Waals surface area contributed by atoms with E-state index in [-0.39, 0.29) is 6.61 Å². The van der Waals surface area contributed by atoms with Gasteiger partial charge in [-0.3, -0.25) is 9.58 Å². The second-order valence-corrected chi connectivity index (χ2v) is 4.75. The Kier molecular flexibility index (Phi) is 4.77. The van der Waals surface area contributed by atoms with Crippen molar-refractivity contribution < 1.29 is 5.11 Å². The molecule has 0 aliphatic heterocycles. The normalized spacial score (nSPS) is 11.8. The molecule has 92 valence electrons. The number of likely N-dealkylation sites (N-methyl/N-ethyl adjacent to an activating group) is 1. The highest BCUT2D eigenvalue weighted by atomic mass is 35.5. The summed E-state index contributed by atoms with van der Waals surface area (Å²) in [4.78, 5) is 2.04. The van der Waals surface area contributed by atoms with Gasteiger partial charge in [-0.1, -0.05) is 25.4 Å². The van der Waals surface area contributed by atoms with Crippen LogP contribution in [0.15, 0.2) is 0 Å². The predicted molar refractivity (Wildman–Crippen MR) is 65.7 cm³/mol. The lowest BCUT2D eigenvalue weighted by atomic mass is 10.1. The number of aromatic nitrogens is 2. The van der Waals surface area contributed by atoms with Crippen molar-refractivity contribution >= 4 is 11.6 Å². The molecule has 0 fully saturated rings. The van der Waals surface area contributed by atoms with Gasteiger partial charge in [0.05, 0.1) is 12.3 Å². The monoisotopic (exact) mass is 245 g/mol. The Hall–Kier alpha value is -0.580. The topological polar surface area (TPSA) is 41.3 Å². The van der Waals surface area contributed by atoms with Gasteiger partial charge in [0, 0.05) is 25.7 Å². The molecular formula is C11H20ClN3O. The summed E-state index contributed by atoms with van der Waals surface area (Å²) in [5.74, 6) is 0.358. The molecular weight excluding hydrogens is 226 g/mol. The highest BCUT2D eigenvalue weighted by Gasteiger charge is 2.18. The maximum Gasteiger partial charge on any atom is 0.131 e. The van der Waals surface area contributed by atoms with Gasteiger partial charge in [-0.25, -0.2) is 0 Å². The molecule has 0 spiro atoms. The van der Waals surface area contributed by atoms with Crippen LogP contribution in [0.4, 0.5) is 0 Å². The van der Waals surface area contributed by atoms with Gasteiger partial charge >= 0.3 is 0 Å². The number of hydrogen-bond acceptors (Lipinski definition) is 3. The lowest BCUT2D eigenvalue weighted by Crippen LogP contribution is -2.22. The third-order valence-corrected chi connectivity index (χ3v) is 3.03. The third-order valence-electron chi connectivity index (χ3n) is 2.56. The Labute approximate surface area is 102 Å². The van der Waals surface area contributed by atoms with Crippen LogP contribution in [-0.2, 0) is 13.6 Å². The summed E-state index contributed by atoms with van der Waals surface area (Å²) in [6.07, 6.45) is 0. The molecule has 16 heavy (non-hydrogen) atoms. The Morgan fingerprint density at radius 2 is 2.12 bits per heavy atom. The molecule has 0 saturated heterocycles. The molecule has 0 atom stereocenters. The zero-order valence-electron chi connectivity index (χ0n) is 10.4. The van der Waals surface area contributed by atoms with Gasteiger partial charge < -0.3 is 5.11 Å². The molecule has 5 heteroatoms. The average Bonchev–Trinajstić information content (AvgIpc) is 2.46. The molecule has 1 aromatic heterocycles. The summed E-state index contributed by atoms with van der Waals surface area (Å²) in [5.41, 5.74) is 2.10. The standard InChI is InChI=1S/C11H20ClN3O/c1-8(2)10-9(7-14(3)5-6-16)11(12)15(4)13-10/h8,16H,5-7H2,1-4H3. The van der Waals surface area contributed by atoms with Gasteiger partial charge in [0.15, 0.2) is 0 Å². The van der Waals surface area contributed by atoms with Crippen molar-refractivity contribution in [2.24, 2.45) is 7.05 Å². The second-order valence-electron chi connectivity index (χ2n) is 4.39. The molecule has 1 heterocycles. The van der Waals surface area contributed by atoms with Crippen molar-refractivity contribution in [3.05, 3.63) is 16.4 Å². The molecule has 0 unspecified atom stereocenters. The van der Waals surface area contributed by atoms with Crippen LogP contribution in [0.3, 0.4) is 0 Å². The van der Waals surface area contributed by atoms with Gasteiger partial charge in [-0.05, 0) is 13.0 Å². The summed E-state index contributed by atoms with van der Waals surface area (Å²) < 4.78 is 1.71. The molecule has 1 rings (SSSR count). The van der Waals surface area contributed by atoms with Crippen LogP contribution in [-0.4, -0.2) is 40.0 Å². The molecule has 1 aromatic rings. The minimum atomic E-state index is 0.158. The minimum absolute atomic E-state index is 0.158. The third kappa shape index (κ3) is 2.97. The Bertz CT molecular complexity index is 349. The summed E-state index contributed by atoms with van der Waals surface area (Å²) in [7, 11) is 3.81. The molecule has 1 N–H and O–H groups in total. The average molecular weight is 246 g/mol. The lowest BCUT2D eigenvalue weighted by molar-refractivity contribution is 0.217. The van der Waals surface area contributed by atoms with Gasteiger partial charge in [-0.2, -0.15) is 5.10 Å². The summed E-state index contributed by atoms with van der Waals surface area (Å²) in [6, 6.07) is 0. The zero-order valence-corrected chi connectivity index (χ0v) is 11.1. The number of aliphatic hydroxyl groups is 1. The van der Waals surface area contributed by atoms with Crippen LogP contribution in [0.1, 0.15) is 31.0 Å². The molecule has 0 aliphatic carbocycles. The van der Waals surface area contributed by atoms with E-state index in [9.17, 15) is 0 Å². The van der Waals surface area contributed by atoms with Crippen molar-refractivity contribution in [3.8, 4) is 0 Å². The first-order chi connectivity index (χ1) is 7.47. The molecule has 4 nitrogen and oxygen atoms in total. The van der Waals surface area contributed by atoms with Crippen LogP contribution in [0.5, 0.6) is 0 Å². The smallest absolute Gasteiger partial charge is 0.131 e. The fourth-order valence-electron chi connectivity index (χ4n) is 1.70. The fraction of sp³-hybridized carbons (Fsp3) is 0.727. The first-order valence-corrected chi connectivity index (χ1v) is 5.85. The number of rotatable bonds is 5.